The van der Waals surface area contributed by atoms with Gasteiger partial charge in [0.1, 0.15) is 11.9 Å². The lowest BCUT2D eigenvalue weighted by atomic mass is 10.0. The van der Waals surface area contributed by atoms with E-state index in [1.54, 1.807) is 24.3 Å². The predicted octanol–water partition coefficient (Wildman–Crippen LogP) is 6.24. The van der Waals surface area contributed by atoms with Crippen molar-refractivity contribution >= 4 is 50.7 Å². The van der Waals surface area contributed by atoms with Crippen LogP contribution >= 0.6 is 23.2 Å². The van der Waals surface area contributed by atoms with E-state index in [9.17, 15) is 22.4 Å². The van der Waals surface area contributed by atoms with E-state index in [-0.39, 0.29) is 49.9 Å². The first-order valence-corrected chi connectivity index (χ1v) is 16.4. The molecule has 1 N–H and O–H groups in total. The maximum atomic E-state index is 14.5. The summed E-state index contributed by atoms with van der Waals surface area (Å²) in [4.78, 5) is 28.9. The Hall–Kier alpha value is -3.14. The number of sulfonamides is 1. The third-order valence-electron chi connectivity index (χ3n) is 6.71. The quantitative estimate of drug-likeness (QED) is 0.200. The molecule has 1 unspecified atom stereocenters. The molecule has 3 aromatic rings. The molecule has 11 heteroatoms. The van der Waals surface area contributed by atoms with E-state index >= 15 is 0 Å². The van der Waals surface area contributed by atoms with E-state index in [1.165, 1.54) is 23.1 Å². The first-order valence-electron chi connectivity index (χ1n) is 13.8. The Morgan fingerprint density at radius 3 is 2.26 bits per heavy atom. The Morgan fingerprint density at radius 2 is 1.62 bits per heavy atom. The van der Waals surface area contributed by atoms with Crippen molar-refractivity contribution in [2.24, 2.45) is 0 Å². The molecular weight excluding hydrogens is 600 g/mol. The summed E-state index contributed by atoms with van der Waals surface area (Å²) in [6, 6.07) is 19.2. The minimum Gasteiger partial charge on any atom is -0.354 e. The molecule has 42 heavy (non-hydrogen) atoms. The number of hydrogen-bond donors (Lipinski definition) is 1. The summed E-state index contributed by atoms with van der Waals surface area (Å²) in [5.41, 5.74) is 1.47. The molecule has 1 atom stereocenters. The molecule has 3 rings (SSSR count). The van der Waals surface area contributed by atoms with Crippen molar-refractivity contribution in [3.8, 4) is 0 Å². The monoisotopic (exact) mass is 635 g/mol. The Bertz CT molecular complexity index is 1460. The Labute approximate surface area is 257 Å². The zero-order valence-electron chi connectivity index (χ0n) is 23.7. The zero-order chi connectivity index (χ0) is 30.7. The second kappa shape index (κ2) is 15.9. The van der Waals surface area contributed by atoms with Gasteiger partial charge in [-0.3, -0.25) is 13.9 Å². The van der Waals surface area contributed by atoms with Crippen molar-refractivity contribution in [2.75, 3.05) is 23.7 Å². The summed E-state index contributed by atoms with van der Waals surface area (Å²) in [6.45, 7) is 2.46. The molecule has 0 aliphatic rings. The van der Waals surface area contributed by atoms with Crippen molar-refractivity contribution in [3.05, 3.63) is 99.8 Å². The highest BCUT2D eigenvalue weighted by atomic mass is 35.5. The summed E-state index contributed by atoms with van der Waals surface area (Å²) in [6.07, 6.45) is 2.99. The van der Waals surface area contributed by atoms with Crippen LogP contribution in [0.5, 0.6) is 0 Å². The number of para-hydroxylation sites is 1. The maximum Gasteiger partial charge on any atom is 0.243 e. The Morgan fingerprint density at radius 1 is 0.929 bits per heavy atom. The Balaban J connectivity index is 1.90. The number of nitrogens with zero attached hydrogens (tertiary/aromatic N) is 2. The van der Waals surface area contributed by atoms with E-state index in [0.717, 1.165) is 29.0 Å². The highest BCUT2D eigenvalue weighted by Crippen LogP contribution is 2.25. The molecule has 0 heterocycles. The van der Waals surface area contributed by atoms with Gasteiger partial charge in [-0.15, -0.1) is 0 Å². The van der Waals surface area contributed by atoms with Crippen molar-refractivity contribution in [1.29, 1.82) is 0 Å². The molecule has 0 aliphatic carbocycles. The molecule has 0 bridgehead atoms. The standard InChI is InChI=1S/C31H36Cl2FN3O4S/c1-3-4-18-35-31(39)29(21-23-11-6-5-7-12-23)36(22-24-16-17-25(32)26(33)20-24)30(38)15-10-19-37(42(2,40)41)28-14-9-8-13-27(28)34/h5-9,11-14,16-17,20,29H,3-4,10,15,18-19,21-22H2,1-2H3,(H,35,39). The van der Waals surface area contributed by atoms with Crippen LogP contribution < -0.4 is 9.62 Å². The number of hydrogen-bond acceptors (Lipinski definition) is 4. The number of carbonyl (C=O) groups excluding carboxylic acids is 2. The lowest BCUT2D eigenvalue weighted by Crippen LogP contribution is -2.50. The molecule has 0 aromatic heterocycles. The minimum atomic E-state index is -3.82. The van der Waals surface area contributed by atoms with Gasteiger partial charge in [0.05, 0.1) is 22.0 Å². The van der Waals surface area contributed by atoms with E-state index in [1.807, 2.05) is 37.3 Å². The van der Waals surface area contributed by atoms with Crippen molar-refractivity contribution in [2.45, 2.75) is 51.6 Å². The molecule has 0 aliphatic heterocycles. The molecule has 0 radical (unpaired) electrons. The topological polar surface area (TPSA) is 86.8 Å². The average molecular weight is 637 g/mol. The molecule has 7 nitrogen and oxygen atoms in total. The van der Waals surface area contributed by atoms with Gasteiger partial charge >= 0.3 is 0 Å². The summed E-state index contributed by atoms with van der Waals surface area (Å²) < 4.78 is 40.4. The highest BCUT2D eigenvalue weighted by Gasteiger charge is 2.30. The molecule has 0 fully saturated rings. The molecule has 0 saturated carbocycles. The van der Waals surface area contributed by atoms with Crippen LogP contribution in [0.3, 0.4) is 0 Å². The van der Waals surface area contributed by atoms with E-state index in [2.05, 4.69) is 5.32 Å². The van der Waals surface area contributed by atoms with Crippen molar-refractivity contribution in [1.82, 2.24) is 10.2 Å². The van der Waals surface area contributed by atoms with Gasteiger partial charge in [0.25, 0.3) is 0 Å². The number of halogens is 3. The van der Waals surface area contributed by atoms with Gasteiger partial charge in [0.2, 0.25) is 21.8 Å². The van der Waals surface area contributed by atoms with Crippen molar-refractivity contribution in [3.63, 3.8) is 0 Å². The van der Waals surface area contributed by atoms with Gasteiger partial charge in [-0.25, -0.2) is 12.8 Å². The lowest BCUT2D eigenvalue weighted by molar-refractivity contribution is -0.141. The fourth-order valence-electron chi connectivity index (χ4n) is 4.53. The van der Waals surface area contributed by atoms with E-state index in [0.29, 0.717) is 22.2 Å². The molecule has 0 saturated heterocycles. The maximum absolute atomic E-state index is 14.5. The van der Waals surface area contributed by atoms with Crippen LogP contribution in [0.1, 0.15) is 43.7 Å². The number of nitrogens with one attached hydrogen (secondary N) is 1. The normalized spacial score (nSPS) is 12.0. The SMILES string of the molecule is CCCCNC(=O)C(Cc1ccccc1)N(Cc1ccc(Cl)c(Cl)c1)C(=O)CCCN(c1ccccc1F)S(C)(=O)=O. The molecule has 2 amide bonds. The zero-order valence-corrected chi connectivity index (χ0v) is 26.1. The third-order valence-corrected chi connectivity index (χ3v) is 8.63. The van der Waals surface area contributed by atoms with Crippen LogP contribution in [0.4, 0.5) is 10.1 Å². The van der Waals surface area contributed by atoms with Crippen LogP contribution in [0.15, 0.2) is 72.8 Å². The number of anilines is 1. The third kappa shape index (κ3) is 9.71. The largest absolute Gasteiger partial charge is 0.354 e. The van der Waals surface area contributed by atoms with Gasteiger partial charge in [0.15, 0.2) is 0 Å². The van der Waals surface area contributed by atoms with Gasteiger partial charge < -0.3 is 10.2 Å². The van der Waals surface area contributed by atoms with Crippen LogP contribution in [-0.4, -0.2) is 50.5 Å². The number of rotatable bonds is 15. The summed E-state index contributed by atoms with van der Waals surface area (Å²) >= 11 is 12.4. The van der Waals surface area contributed by atoms with Crippen LogP contribution in [0.2, 0.25) is 10.0 Å². The van der Waals surface area contributed by atoms with Crippen LogP contribution in [0.25, 0.3) is 0 Å². The van der Waals surface area contributed by atoms with Crippen LogP contribution in [0, 0.1) is 5.82 Å². The fourth-order valence-corrected chi connectivity index (χ4v) is 5.82. The summed E-state index contributed by atoms with van der Waals surface area (Å²) in [7, 11) is -3.82. The predicted molar refractivity (Wildman–Crippen MR) is 167 cm³/mol. The van der Waals surface area contributed by atoms with E-state index in [4.69, 9.17) is 23.2 Å². The number of unbranched alkanes of at least 4 members (excludes halogenated alkanes) is 1. The van der Waals surface area contributed by atoms with Gasteiger partial charge in [-0.2, -0.15) is 0 Å². The highest BCUT2D eigenvalue weighted by molar-refractivity contribution is 7.92. The molecule has 226 valence electrons. The van der Waals surface area contributed by atoms with Gasteiger partial charge in [0, 0.05) is 32.5 Å². The number of carbonyl (C=O) groups is 2. The number of amides is 2. The van der Waals surface area contributed by atoms with Crippen LogP contribution in [-0.2, 0) is 32.6 Å². The average Bonchev–Trinajstić information content (AvgIpc) is 2.95. The smallest absolute Gasteiger partial charge is 0.243 e. The van der Waals surface area contributed by atoms with Gasteiger partial charge in [-0.05, 0) is 48.2 Å². The molecular formula is C31H36Cl2FN3O4S. The second-order valence-corrected chi connectivity index (χ2v) is 12.7. The van der Waals surface area contributed by atoms with E-state index < -0.39 is 21.9 Å². The minimum absolute atomic E-state index is 0.0741. The second-order valence-electron chi connectivity index (χ2n) is 10.0. The van der Waals surface area contributed by atoms with Crippen molar-refractivity contribution < 1.29 is 22.4 Å². The summed E-state index contributed by atoms with van der Waals surface area (Å²) in [5, 5.41) is 3.65. The first kappa shape index (κ1) is 33.4. The summed E-state index contributed by atoms with van der Waals surface area (Å²) in [5.74, 6) is -1.32. The molecule has 3 aromatic carbocycles. The number of benzene rings is 3. The fraction of sp³-hybridized carbons (Fsp3) is 0.355. The Kier molecular flexibility index (Phi) is 12.6. The van der Waals surface area contributed by atoms with Gasteiger partial charge in [-0.1, -0.05) is 85.1 Å². The first-order chi connectivity index (χ1) is 20.0. The lowest BCUT2D eigenvalue weighted by Gasteiger charge is -2.32. The molecule has 0 spiro atoms.